The number of aryl methyl sites for hydroxylation is 1. The van der Waals surface area contributed by atoms with Gasteiger partial charge in [-0.1, -0.05) is 24.3 Å². The predicted octanol–water partition coefficient (Wildman–Crippen LogP) is 2.90. The summed E-state index contributed by atoms with van der Waals surface area (Å²) in [6.45, 7) is 0.728. The van der Waals surface area contributed by atoms with Gasteiger partial charge in [0.1, 0.15) is 11.9 Å². The fourth-order valence-corrected chi connectivity index (χ4v) is 4.82. The second-order valence-electron chi connectivity index (χ2n) is 8.88. The van der Waals surface area contributed by atoms with Gasteiger partial charge in [0.05, 0.1) is 6.54 Å². The highest BCUT2D eigenvalue weighted by Gasteiger charge is 2.38. The van der Waals surface area contributed by atoms with E-state index in [0.29, 0.717) is 32.2 Å². The predicted molar refractivity (Wildman–Crippen MR) is 118 cm³/mol. The quantitative estimate of drug-likeness (QED) is 0.697. The monoisotopic (exact) mass is 436 g/mol. The molecule has 3 aliphatic heterocycles. The number of ether oxygens (including phenoxy) is 3. The maximum Gasteiger partial charge on any atom is 0.231 e. The van der Waals surface area contributed by atoms with Gasteiger partial charge in [-0.15, -0.1) is 0 Å². The molecule has 0 radical (unpaired) electrons. The molecule has 2 N–H and O–H groups in total. The Morgan fingerprint density at radius 3 is 2.84 bits per heavy atom. The molecule has 0 unspecified atom stereocenters. The number of nitrogens with one attached hydrogen (secondary N) is 2. The van der Waals surface area contributed by atoms with Gasteiger partial charge in [-0.3, -0.25) is 9.59 Å². The first-order chi connectivity index (χ1) is 15.6. The van der Waals surface area contributed by atoms with E-state index >= 15 is 0 Å². The molecule has 1 fully saturated rings. The largest absolute Gasteiger partial charge is 0.488 e. The van der Waals surface area contributed by atoms with Gasteiger partial charge < -0.3 is 24.8 Å². The third kappa shape index (κ3) is 4.52. The van der Waals surface area contributed by atoms with Gasteiger partial charge in [0, 0.05) is 18.4 Å². The fourth-order valence-electron chi connectivity index (χ4n) is 4.82. The summed E-state index contributed by atoms with van der Waals surface area (Å²) in [5, 5.41) is 6.16. The standard InChI is InChI=1S/C25H28N2O5/c28-23(26-15-19-7-6-18-3-1-2-4-20(18)32-19)9-11-25(12-10-24(29)27-25)14-17-5-8-21-22(13-17)31-16-30-21/h1-5,8,13,19H,6-7,9-12,14-16H2,(H,26,28)(H,27,29)/t19-,25-/m1/s1. The van der Waals surface area contributed by atoms with E-state index in [2.05, 4.69) is 16.7 Å². The number of para-hydroxylation sites is 1. The van der Waals surface area contributed by atoms with Crippen LogP contribution in [0.1, 0.15) is 43.2 Å². The lowest BCUT2D eigenvalue weighted by molar-refractivity contribution is -0.123. The van der Waals surface area contributed by atoms with Crippen molar-refractivity contribution >= 4 is 11.8 Å². The topological polar surface area (TPSA) is 85.9 Å². The molecule has 0 spiro atoms. The summed E-state index contributed by atoms with van der Waals surface area (Å²) in [7, 11) is 0. The maximum atomic E-state index is 12.6. The normalized spacial score (nSPS) is 23.2. The third-order valence-electron chi connectivity index (χ3n) is 6.57. The summed E-state index contributed by atoms with van der Waals surface area (Å²) in [4.78, 5) is 24.6. The molecule has 2 atom stereocenters. The molecule has 3 heterocycles. The lowest BCUT2D eigenvalue weighted by Crippen LogP contribution is -2.45. The van der Waals surface area contributed by atoms with Crippen LogP contribution < -0.4 is 24.8 Å². The van der Waals surface area contributed by atoms with Crippen LogP contribution in [0.4, 0.5) is 0 Å². The summed E-state index contributed by atoms with van der Waals surface area (Å²) < 4.78 is 16.9. The first kappa shape index (κ1) is 20.7. The second kappa shape index (κ2) is 8.73. The van der Waals surface area contributed by atoms with Crippen molar-refractivity contribution in [2.75, 3.05) is 13.3 Å². The molecule has 1 saturated heterocycles. The van der Waals surface area contributed by atoms with Gasteiger partial charge in [0.15, 0.2) is 11.5 Å². The zero-order chi connectivity index (χ0) is 22.0. The van der Waals surface area contributed by atoms with Crippen LogP contribution in [-0.2, 0) is 22.4 Å². The Morgan fingerprint density at radius 1 is 1.09 bits per heavy atom. The highest BCUT2D eigenvalue weighted by atomic mass is 16.7. The molecule has 2 aromatic carbocycles. The number of hydrogen-bond acceptors (Lipinski definition) is 5. The Kier molecular flexibility index (Phi) is 5.64. The van der Waals surface area contributed by atoms with E-state index < -0.39 is 5.54 Å². The van der Waals surface area contributed by atoms with Crippen LogP contribution in [-0.4, -0.2) is 36.8 Å². The zero-order valence-electron chi connectivity index (χ0n) is 18.0. The van der Waals surface area contributed by atoms with Crippen LogP contribution in [0.5, 0.6) is 17.2 Å². The van der Waals surface area contributed by atoms with Crippen LogP contribution in [0.25, 0.3) is 0 Å². The smallest absolute Gasteiger partial charge is 0.231 e. The van der Waals surface area contributed by atoms with E-state index in [-0.39, 0.29) is 24.7 Å². The molecule has 0 aliphatic carbocycles. The Balaban J connectivity index is 1.15. The van der Waals surface area contributed by atoms with Gasteiger partial charge in [-0.2, -0.15) is 0 Å². The number of rotatable bonds is 7. The lowest BCUT2D eigenvalue weighted by Gasteiger charge is -2.30. The van der Waals surface area contributed by atoms with Crippen LogP contribution in [0, 0.1) is 0 Å². The molecule has 32 heavy (non-hydrogen) atoms. The molecular weight excluding hydrogens is 408 g/mol. The third-order valence-corrected chi connectivity index (χ3v) is 6.57. The molecule has 2 aromatic rings. The minimum Gasteiger partial charge on any atom is -0.488 e. The van der Waals surface area contributed by atoms with Crippen molar-refractivity contribution in [2.24, 2.45) is 0 Å². The van der Waals surface area contributed by atoms with Gasteiger partial charge in [0.25, 0.3) is 0 Å². The number of fused-ring (bicyclic) bond motifs is 2. The minimum atomic E-state index is -0.414. The Hall–Kier alpha value is -3.22. The van der Waals surface area contributed by atoms with E-state index in [1.807, 2.05) is 36.4 Å². The summed E-state index contributed by atoms with van der Waals surface area (Å²) in [6, 6.07) is 13.9. The summed E-state index contributed by atoms with van der Waals surface area (Å²) in [6.07, 6.45) is 4.65. The summed E-state index contributed by atoms with van der Waals surface area (Å²) >= 11 is 0. The van der Waals surface area contributed by atoms with Crippen LogP contribution in [0.15, 0.2) is 42.5 Å². The van der Waals surface area contributed by atoms with Crippen molar-refractivity contribution in [3.8, 4) is 17.2 Å². The van der Waals surface area contributed by atoms with E-state index in [1.54, 1.807) is 0 Å². The molecule has 5 rings (SSSR count). The Morgan fingerprint density at radius 2 is 1.97 bits per heavy atom. The first-order valence-corrected chi connectivity index (χ1v) is 11.3. The first-order valence-electron chi connectivity index (χ1n) is 11.3. The van der Waals surface area contributed by atoms with Gasteiger partial charge >= 0.3 is 0 Å². The van der Waals surface area contributed by atoms with Crippen LogP contribution >= 0.6 is 0 Å². The number of carbonyl (C=O) groups excluding carboxylic acids is 2. The van der Waals surface area contributed by atoms with Crippen molar-refractivity contribution in [3.05, 3.63) is 53.6 Å². The van der Waals surface area contributed by atoms with Gasteiger partial charge in [-0.05, 0) is 61.4 Å². The molecule has 3 aliphatic rings. The highest BCUT2D eigenvalue weighted by Crippen LogP contribution is 2.36. The molecule has 168 valence electrons. The molecule has 7 heteroatoms. The van der Waals surface area contributed by atoms with Crippen molar-refractivity contribution in [1.29, 1.82) is 0 Å². The van der Waals surface area contributed by atoms with Crippen LogP contribution in [0.3, 0.4) is 0 Å². The van der Waals surface area contributed by atoms with Crippen molar-refractivity contribution in [2.45, 2.75) is 56.6 Å². The van der Waals surface area contributed by atoms with Gasteiger partial charge in [-0.25, -0.2) is 0 Å². The number of carbonyl (C=O) groups is 2. The molecule has 2 amide bonds. The van der Waals surface area contributed by atoms with E-state index in [4.69, 9.17) is 14.2 Å². The average molecular weight is 437 g/mol. The molecule has 7 nitrogen and oxygen atoms in total. The molecular formula is C25H28N2O5. The molecule has 0 saturated carbocycles. The maximum absolute atomic E-state index is 12.6. The Bertz CT molecular complexity index is 1020. The number of benzene rings is 2. The average Bonchev–Trinajstić information content (AvgIpc) is 3.42. The minimum absolute atomic E-state index is 0.0115. The zero-order valence-corrected chi connectivity index (χ0v) is 18.0. The second-order valence-corrected chi connectivity index (χ2v) is 8.88. The van der Waals surface area contributed by atoms with Crippen molar-refractivity contribution in [1.82, 2.24) is 10.6 Å². The van der Waals surface area contributed by atoms with Crippen LogP contribution in [0.2, 0.25) is 0 Å². The van der Waals surface area contributed by atoms with Crippen molar-refractivity contribution in [3.63, 3.8) is 0 Å². The Labute approximate surface area is 187 Å². The van der Waals surface area contributed by atoms with E-state index in [9.17, 15) is 9.59 Å². The summed E-state index contributed by atoms with van der Waals surface area (Å²) in [5.74, 6) is 2.41. The fraction of sp³-hybridized carbons (Fsp3) is 0.440. The number of amides is 2. The molecule has 0 bridgehead atoms. The highest BCUT2D eigenvalue weighted by molar-refractivity contribution is 5.80. The van der Waals surface area contributed by atoms with Gasteiger partial charge in [0.2, 0.25) is 18.6 Å². The number of hydrogen-bond donors (Lipinski definition) is 2. The van der Waals surface area contributed by atoms with E-state index in [0.717, 1.165) is 42.1 Å². The van der Waals surface area contributed by atoms with E-state index in [1.165, 1.54) is 5.56 Å². The SMILES string of the molecule is O=C(CC[C@]1(Cc2ccc3c(c2)OCO3)CCC(=O)N1)NC[C@H]1CCc2ccccc2O1. The molecule has 0 aromatic heterocycles. The van der Waals surface area contributed by atoms with Crippen molar-refractivity contribution < 1.29 is 23.8 Å². The summed E-state index contributed by atoms with van der Waals surface area (Å²) in [5.41, 5.74) is 1.87. The lowest BCUT2D eigenvalue weighted by atomic mass is 9.85.